The van der Waals surface area contributed by atoms with Crippen molar-refractivity contribution in [2.45, 2.75) is 0 Å². The van der Waals surface area contributed by atoms with E-state index in [4.69, 9.17) is 0 Å². The lowest BCUT2D eigenvalue weighted by atomic mass is 9.92. The van der Waals surface area contributed by atoms with Gasteiger partial charge in [-0.3, -0.25) is 0 Å². The minimum atomic E-state index is 0.655. The Bertz CT molecular complexity index is 2970. The summed E-state index contributed by atoms with van der Waals surface area (Å²) in [6, 6.07) is 69.3. The molecule has 0 saturated carbocycles. The molecule has 0 saturated heterocycles. The molecule has 3 nitrogen and oxygen atoms in total. The average molecular weight is 662 g/mol. The molecular weight excluding hydrogens is 631 g/mol. The van der Waals surface area contributed by atoms with Gasteiger partial charge in [-0.2, -0.15) is 5.26 Å². The molecule has 0 bridgehead atoms. The van der Waals surface area contributed by atoms with Crippen molar-refractivity contribution in [3.63, 3.8) is 0 Å². The zero-order valence-corrected chi connectivity index (χ0v) is 28.2. The van der Waals surface area contributed by atoms with E-state index in [0.29, 0.717) is 5.56 Å². The van der Waals surface area contributed by atoms with E-state index < -0.39 is 0 Å². The van der Waals surface area contributed by atoms with Gasteiger partial charge in [-0.25, -0.2) is 0 Å². The highest BCUT2D eigenvalue weighted by molar-refractivity contribution is 6.12. The van der Waals surface area contributed by atoms with Crippen LogP contribution in [0.4, 0.5) is 0 Å². The fourth-order valence-corrected chi connectivity index (χ4v) is 8.09. The van der Waals surface area contributed by atoms with E-state index in [1.807, 2.05) is 12.1 Å². The molecular formula is C49H31N3. The van der Waals surface area contributed by atoms with Crippen molar-refractivity contribution < 1.29 is 0 Å². The van der Waals surface area contributed by atoms with E-state index in [2.05, 4.69) is 191 Å². The monoisotopic (exact) mass is 661 g/mol. The largest absolute Gasteiger partial charge is 0.309 e. The molecule has 2 aromatic heterocycles. The van der Waals surface area contributed by atoms with Gasteiger partial charge < -0.3 is 9.13 Å². The first-order valence-corrected chi connectivity index (χ1v) is 17.6. The molecule has 2 heterocycles. The summed E-state index contributed by atoms with van der Waals surface area (Å²) < 4.78 is 4.83. The maximum Gasteiger partial charge on any atom is 0.0991 e. The predicted molar refractivity (Wildman–Crippen MR) is 216 cm³/mol. The number of benzene rings is 8. The minimum Gasteiger partial charge on any atom is -0.309 e. The van der Waals surface area contributed by atoms with Gasteiger partial charge in [-0.15, -0.1) is 0 Å². The number of rotatable bonds is 5. The molecule has 52 heavy (non-hydrogen) atoms. The maximum absolute atomic E-state index is 9.80. The van der Waals surface area contributed by atoms with E-state index in [1.54, 1.807) is 0 Å². The summed E-state index contributed by atoms with van der Waals surface area (Å²) >= 11 is 0. The van der Waals surface area contributed by atoms with Gasteiger partial charge in [-0.05, 0) is 65.2 Å². The molecule has 0 N–H and O–H groups in total. The zero-order chi connectivity index (χ0) is 34.6. The number of fused-ring (bicyclic) bond motifs is 6. The Balaban J connectivity index is 1.32. The van der Waals surface area contributed by atoms with E-state index in [-0.39, 0.29) is 0 Å². The van der Waals surface area contributed by atoms with Crippen LogP contribution in [0.25, 0.3) is 88.4 Å². The van der Waals surface area contributed by atoms with Crippen LogP contribution in [0.3, 0.4) is 0 Å². The molecule has 0 aliphatic rings. The van der Waals surface area contributed by atoms with Crippen LogP contribution in [0.1, 0.15) is 5.56 Å². The summed E-state index contributed by atoms with van der Waals surface area (Å²) in [4.78, 5) is 0. The molecule has 0 aliphatic carbocycles. The number of hydrogen-bond acceptors (Lipinski definition) is 1. The highest BCUT2D eigenvalue weighted by Crippen LogP contribution is 2.44. The van der Waals surface area contributed by atoms with Gasteiger partial charge >= 0.3 is 0 Å². The lowest BCUT2D eigenvalue weighted by molar-refractivity contribution is 1.16. The van der Waals surface area contributed by atoms with Gasteiger partial charge in [-0.1, -0.05) is 140 Å². The fourth-order valence-electron chi connectivity index (χ4n) is 8.09. The minimum absolute atomic E-state index is 0.655. The number of nitriles is 1. The third kappa shape index (κ3) is 4.59. The van der Waals surface area contributed by atoms with Crippen LogP contribution < -0.4 is 0 Å². The second-order valence-electron chi connectivity index (χ2n) is 13.2. The van der Waals surface area contributed by atoms with Gasteiger partial charge in [0.15, 0.2) is 0 Å². The first-order chi connectivity index (χ1) is 25.8. The SMILES string of the molecule is N#Cc1ccc2c(c1)c1ccccc1n2-c1ccccc1-c1cccc(-c2cccc(-c3ccccc3)c2)c1-n1c2ccccc2c2ccccc21. The van der Waals surface area contributed by atoms with Crippen LogP contribution in [0, 0.1) is 11.3 Å². The Morgan fingerprint density at radius 3 is 1.60 bits per heavy atom. The molecule has 0 amide bonds. The number of hydrogen-bond donors (Lipinski definition) is 0. The maximum atomic E-state index is 9.80. The normalized spacial score (nSPS) is 11.4. The van der Waals surface area contributed by atoms with Crippen molar-refractivity contribution in [3.8, 4) is 50.8 Å². The molecule has 0 atom stereocenters. The predicted octanol–water partition coefficient (Wildman–Crippen LogP) is 12.8. The van der Waals surface area contributed by atoms with Crippen LogP contribution in [-0.4, -0.2) is 9.13 Å². The second kappa shape index (κ2) is 12.0. The molecule has 0 aliphatic heterocycles. The number of aromatic nitrogens is 2. The highest BCUT2D eigenvalue weighted by Gasteiger charge is 2.23. The Labute approximate surface area is 301 Å². The van der Waals surface area contributed by atoms with Gasteiger partial charge in [0.2, 0.25) is 0 Å². The lowest BCUT2D eigenvalue weighted by Gasteiger charge is -2.22. The summed E-state index contributed by atoms with van der Waals surface area (Å²) in [7, 11) is 0. The zero-order valence-electron chi connectivity index (χ0n) is 28.2. The molecule has 8 aromatic carbocycles. The standard InChI is InChI=1S/C49H31N3/c50-32-33-28-29-48-43(30-33)41-21-7-9-25-45(41)51(48)44-24-8-6-20-40(44)42-23-13-22-37(36-17-12-16-35(31-36)34-14-2-1-3-15-34)49(42)52-46-26-10-4-18-38(46)39-19-5-11-27-47(39)52/h1-31H. The number of para-hydroxylation sites is 5. The van der Waals surface area contributed by atoms with Crippen molar-refractivity contribution in [1.82, 2.24) is 9.13 Å². The first kappa shape index (κ1) is 29.7. The first-order valence-electron chi connectivity index (χ1n) is 17.6. The van der Waals surface area contributed by atoms with Crippen LogP contribution >= 0.6 is 0 Å². The quantitative estimate of drug-likeness (QED) is 0.181. The van der Waals surface area contributed by atoms with Crippen molar-refractivity contribution in [3.05, 3.63) is 194 Å². The van der Waals surface area contributed by atoms with Crippen molar-refractivity contribution in [2.75, 3.05) is 0 Å². The summed E-state index contributed by atoms with van der Waals surface area (Å²) in [6.45, 7) is 0. The van der Waals surface area contributed by atoms with E-state index in [1.165, 1.54) is 21.9 Å². The Hall–Kier alpha value is -7.15. The lowest BCUT2D eigenvalue weighted by Crippen LogP contribution is -2.03. The Morgan fingerprint density at radius 2 is 0.865 bits per heavy atom. The van der Waals surface area contributed by atoms with E-state index in [0.717, 1.165) is 66.5 Å². The van der Waals surface area contributed by atoms with E-state index in [9.17, 15) is 5.26 Å². The Kier molecular flexibility index (Phi) is 6.87. The summed E-state index contributed by atoms with van der Waals surface area (Å²) in [5, 5.41) is 14.4. The van der Waals surface area contributed by atoms with Gasteiger partial charge in [0.05, 0.1) is 45.1 Å². The summed E-state index contributed by atoms with van der Waals surface area (Å²) in [5.41, 5.74) is 14.3. The summed E-state index contributed by atoms with van der Waals surface area (Å²) in [5.74, 6) is 0. The van der Waals surface area contributed by atoms with Crippen LogP contribution in [0.15, 0.2) is 188 Å². The molecule has 10 aromatic rings. The third-order valence-electron chi connectivity index (χ3n) is 10.4. The van der Waals surface area contributed by atoms with Crippen LogP contribution in [-0.2, 0) is 0 Å². The molecule has 3 heteroatoms. The fraction of sp³-hybridized carbons (Fsp3) is 0. The second-order valence-corrected chi connectivity index (χ2v) is 13.2. The van der Waals surface area contributed by atoms with Crippen molar-refractivity contribution >= 4 is 43.6 Å². The molecule has 242 valence electrons. The van der Waals surface area contributed by atoms with Gasteiger partial charge in [0.25, 0.3) is 0 Å². The average Bonchev–Trinajstić information content (AvgIpc) is 3.73. The van der Waals surface area contributed by atoms with Gasteiger partial charge in [0, 0.05) is 38.2 Å². The third-order valence-corrected chi connectivity index (χ3v) is 10.4. The van der Waals surface area contributed by atoms with Crippen molar-refractivity contribution in [1.29, 1.82) is 5.26 Å². The smallest absolute Gasteiger partial charge is 0.0991 e. The molecule has 0 radical (unpaired) electrons. The Morgan fingerprint density at radius 1 is 0.346 bits per heavy atom. The van der Waals surface area contributed by atoms with Crippen LogP contribution in [0.5, 0.6) is 0 Å². The summed E-state index contributed by atoms with van der Waals surface area (Å²) in [6.07, 6.45) is 0. The highest BCUT2D eigenvalue weighted by atomic mass is 15.0. The number of nitrogens with zero attached hydrogens (tertiary/aromatic N) is 3. The van der Waals surface area contributed by atoms with Crippen LogP contribution in [0.2, 0.25) is 0 Å². The molecule has 0 fully saturated rings. The topological polar surface area (TPSA) is 33.6 Å². The van der Waals surface area contributed by atoms with Crippen molar-refractivity contribution in [2.24, 2.45) is 0 Å². The van der Waals surface area contributed by atoms with E-state index >= 15 is 0 Å². The molecule has 0 unspecified atom stereocenters. The molecule has 10 rings (SSSR count). The molecule has 0 spiro atoms. The van der Waals surface area contributed by atoms with Gasteiger partial charge in [0.1, 0.15) is 0 Å².